The molecule has 0 atom stereocenters. The lowest BCUT2D eigenvalue weighted by Gasteiger charge is -2.05. The highest BCUT2D eigenvalue weighted by Crippen LogP contribution is 2.34. The molecule has 8 heteroatoms. The van der Waals surface area contributed by atoms with E-state index in [1.807, 2.05) is 0 Å². The van der Waals surface area contributed by atoms with Crippen molar-refractivity contribution < 1.29 is 14.3 Å². The van der Waals surface area contributed by atoms with Gasteiger partial charge in [-0.25, -0.2) is 4.68 Å². The summed E-state index contributed by atoms with van der Waals surface area (Å²) in [7, 11) is 0. The standard InChI is InChI=1S/C10H9N5O3/c16-10(4-15-5-11-13-14-15)12-7-1-2-8-9(3-7)18-6-17-8/h1-3,5H,4,6H2,(H,12,16). The van der Waals surface area contributed by atoms with E-state index < -0.39 is 0 Å². The van der Waals surface area contributed by atoms with Crippen molar-refractivity contribution >= 4 is 11.6 Å². The minimum Gasteiger partial charge on any atom is -0.454 e. The molecule has 2 aromatic rings. The fraction of sp³-hybridized carbons (Fsp3) is 0.200. The molecule has 1 aliphatic rings. The molecule has 18 heavy (non-hydrogen) atoms. The maximum atomic E-state index is 11.7. The Balaban J connectivity index is 1.67. The average Bonchev–Trinajstić information content (AvgIpc) is 2.98. The van der Waals surface area contributed by atoms with Gasteiger partial charge in [-0.15, -0.1) is 5.10 Å². The number of benzene rings is 1. The number of amides is 1. The average molecular weight is 247 g/mol. The zero-order chi connectivity index (χ0) is 12.4. The Labute approximate surface area is 101 Å². The molecule has 1 aromatic heterocycles. The third kappa shape index (κ3) is 2.08. The van der Waals surface area contributed by atoms with E-state index in [2.05, 4.69) is 20.8 Å². The lowest BCUT2D eigenvalue weighted by molar-refractivity contribution is -0.116. The molecular formula is C10H9N5O3. The topological polar surface area (TPSA) is 91.2 Å². The van der Waals surface area contributed by atoms with Crippen LogP contribution in [0.2, 0.25) is 0 Å². The summed E-state index contributed by atoms with van der Waals surface area (Å²) < 4.78 is 11.7. The van der Waals surface area contributed by atoms with E-state index in [0.29, 0.717) is 17.2 Å². The molecule has 0 unspecified atom stereocenters. The summed E-state index contributed by atoms with van der Waals surface area (Å²) in [6, 6.07) is 5.19. The number of hydrogen-bond acceptors (Lipinski definition) is 6. The molecule has 92 valence electrons. The molecule has 8 nitrogen and oxygen atoms in total. The Hall–Kier alpha value is -2.64. The summed E-state index contributed by atoms with van der Waals surface area (Å²) >= 11 is 0. The van der Waals surface area contributed by atoms with E-state index in [1.54, 1.807) is 18.2 Å². The van der Waals surface area contributed by atoms with Crippen LogP contribution in [-0.2, 0) is 11.3 Å². The first-order valence-electron chi connectivity index (χ1n) is 5.21. The van der Waals surface area contributed by atoms with E-state index >= 15 is 0 Å². The van der Waals surface area contributed by atoms with E-state index in [1.165, 1.54) is 11.0 Å². The highest BCUT2D eigenvalue weighted by Gasteiger charge is 2.14. The van der Waals surface area contributed by atoms with Crippen molar-refractivity contribution in [3.8, 4) is 11.5 Å². The van der Waals surface area contributed by atoms with Crippen molar-refractivity contribution in [1.82, 2.24) is 20.2 Å². The molecule has 1 aromatic carbocycles. The molecule has 1 aliphatic heterocycles. The Morgan fingerprint density at radius 3 is 3.11 bits per heavy atom. The third-order valence-corrected chi connectivity index (χ3v) is 2.35. The number of tetrazole rings is 1. The summed E-state index contributed by atoms with van der Waals surface area (Å²) in [5.41, 5.74) is 0.636. The van der Waals surface area contributed by atoms with Crippen molar-refractivity contribution in [2.45, 2.75) is 6.54 Å². The van der Waals surface area contributed by atoms with Crippen LogP contribution in [0.5, 0.6) is 11.5 Å². The van der Waals surface area contributed by atoms with Crippen LogP contribution in [0.4, 0.5) is 5.69 Å². The van der Waals surface area contributed by atoms with Crippen molar-refractivity contribution in [3.05, 3.63) is 24.5 Å². The summed E-state index contributed by atoms with van der Waals surface area (Å²) in [6.07, 6.45) is 1.37. The van der Waals surface area contributed by atoms with Crippen molar-refractivity contribution in [2.75, 3.05) is 12.1 Å². The van der Waals surface area contributed by atoms with Gasteiger partial charge in [-0.2, -0.15) is 0 Å². The Morgan fingerprint density at radius 2 is 2.28 bits per heavy atom. The molecule has 0 aliphatic carbocycles. The molecule has 0 bridgehead atoms. The first-order chi connectivity index (χ1) is 8.81. The molecule has 0 spiro atoms. The van der Waals surface area contributed by atoms with E-state index in [9.17, 15) is 4.79 Å². The van der Waals surface area contributed by atoms with Gasteiger partial charge in [0.25, 0.3) is 0 Å². The quantitative estimate of drug-likeness (QED) is 0.823. The monoisotopic (exact) mass is 247 g/mol. The zero-order valence-corrected chi connectivity index (χ0v) is 9.24. The van der Waals surface area contributed by atoms with E-state index in [0.717, 1.165) is 0 Å². The van der Waals surface area contributed by atoms with Crippen LogP contribution in [0.15, 0.2) is 24.5 Å². The fourth-order valence-electron chi connectivity index (χ4n) is 1.57. The number of nitrogens with one attached hydrogen (secondary N) is 1. The van der Waals surface area contributed by atoms with Gasteiger partial charge >= 0.3 is 0 Å². The smallest absolute Gasteiger partial charge is 0.246 e. The number of carbonyl (C=O) groups is 1. The molecule has 1 N–H and O–H groups in total. The first-order valence-corrected chi connectivity index (χ1v) is 5.21. The predicted octanol–water partition coefficient (Wildman–Crippen LogP) is 0.0405. The molecule has 2 heterocycles. The molecule has 0 saturated carbocycles. The second-order valence-corrected chi connectivity index (χ2v) is 3.62. The van der Waals surface area contributed by atoms with Crippen LogP contribution < -0.4 is 14.8 Å². The summed E-state index contributed by atoms with van der Waals surface area (Å²) in [5, 5.41) is 13.2. The molecule has 3 rings (SSSR count). The number of carbonyl (C=O) groups excluding carboxylic acids is 1. The van der Waals surface area contributed by atoms with Gasteiger partial charge in [0.1, 0.15) is 12.9 Å². The van der Waals surface area contributed by atoms with Gasteiger partial charge < -0.3 is 14.8 Å². The second kappa shape index (κ2) is 4.32. The highest BCUT2D eigenvalue weighted by molar-refractivity contribution is 5.90. The van der Waals surface area contributed by atoms with Gasteiger partial charge in [0.05, 0.1) is 0 Å². The molecule has 1 amide bonds. The van der Waals surface area contributed by atoms with Gasteiger partial charge in [0.15, 0.2) is 11.5 Å². The van der Waals surface area contributed by atoms with Crippen molar-refractivity contribution in [3.63, 3.8) is 0 Å². The number of fused-ring (bicyclic) bond motifs is 1. The number of rotatable bonds is 3. The normalized spacial score (nSPS) is 12.4. The van der Waals surface area contributed by atoms with Gasteiger partial charge in [0, 0.05) is 11.8 Å². The Bertz CT molecular complexity index is 569. The van der Waals surface area contributed by atoms with E-state index in [4.69, 9.17) is 9.47 Å². The van der Waals surface area contributed by atoms with Crippen LogP contribution in [-0.4, -0.2) is 32.9 Å². The third-order valence-electron chi connectivity index (χ3n) is 2.35. The Morgan fingerprint density at radius 1 is 1.39 bits per heavy atom. The number of nitrogens with zero attached hydrogens (tertiary/aromatic N) is 4. The molecular weight excluding hydrogens is 238 g/mol. The maximum absolute atomic E-state index is 11.7. The molecule has 0 radical (unpaired) electrons. The number of anilines is 1. The minimum atomic E-state index is -0.221. The summed E-state index contributed by atoms with van der Waals surface area (Å²) in [4.78, 5) is 11.7. The second-order valence-electron chi connectivity index (χ2n) is 3.62. The predicted molar refractivity (Wildman–Crippen MR) is 59.0 cm³/mol. The van der Waals surface area contributed by atoms with Gasteiger partial charge in [0.2, 0.25) is 12.7 Å². The minimum absolute atomic E-state index is 0.0570. The zero-order valence-electron chi connectivity index (χ0n) is 9.24. The largest absolute Gasteiger partial charge is 0.454 e. The summed E-state index contributed by atoms with van der Waals surface area (Å²) in [5.74, 6) is 1.07. The fourth-order valence-corrected chi connectivity index (χ4v) is 1.57. The molecule has 0 saturated heterocycles. The van der Waals surface area contributed by atoms with Crippen molar-refractivity contribution in [1.29, 1.82) is 0 Å². The van der Waals surface area contributed by atoms with Crippen molar-refractivity contribution in [2.24, 2.45) is 0 Å². The first kappa shape index (κ1) is 10.5. The summed E-state index contributed by atoms with van der Waals surface area (Å²) in [6.45, 7) is 0.263. The van der Waals surface area contributed by atoms with Crippen LogP contribution >= 0.6 is 0 Å². The van der Waals surface area contributed by atoms with E-state index in [-0.39, 0.29) is 19.2 Å². The van der Waals surface area contributed by atoms with Gasteiger partial charge in [-0.3, -0.25) is 4.79 Å². The SMILES string of the molecule is O=C(Cn1cnnn1)Nc1ccc2c(c1)OCO2. The lowest BCUT2D eigenvalue weighted by atomic mass is 10.3. The van der Waals surface area contributed by atoms with Gasteiger partial charge in [-0.1, -0.05) is 0 Å². The highest BCUT2D eigenvalue weighted by atomic mass is 16.7. The maximum Gasteiger partial charge on any atom is 0.246 e. The van der Waals surface area contributed by atoms with Gasteiger partial charge in [-0.05, 0) is 22.6 Å². The molecule has 0 fully saturated rings. The van der Waals surface area contributed by atoms with Crippen LogP contribution in [0.1, 0.15) is 0 Å². The van der Waals surface area contributed by atoms with Crippen LogP contribution in [0.3, 0.4) is 0 Å². The number of hydrogen-bond donors (Lipinski definition) is 1. The lowest BCUT2D eigenvalue weighted by Crippen LogP contribution is -2.19. The Kier molecular flexibility index (Phi) is 2.52. The van der Waals surface area contributed by atoms with Crippen LogP contribution in [0, 0.1) is 0 Å². The van der Waals surface area contributed by atoms with Crippen LogP contribution in [0.25, 0.3) is 0 Å². The number of aromatic nitrogens is 4. The number of ether oxygens (including phenoxy) is 2.